The van der Waals surface area contributed by atoms with Crippen LogP contribution in [0.5, 0.6) is 5.75 Å². The summed E-state index contributed by atoms with van der Waals surface area (Å²) in [5, 5.41) is 3.40. The molecule has 1 aromatic carbocycles. The van der Waals surface area contributed by atoms with Gasteiger partial charge in [-0.05, 0) is 56.3 Å². The van der Waals surface area contributed by atoms with Gasteiger partial charge in [0.05, 0.1) is 0 Å². The van der Waals surface area contributed by atoms with E-state index in [1.807, 2.05) is 7.05 Å². The van der Waals surface area contributed by atoms with Crippen molar-refractivity contribution in [3.63, 3.8) is 0 Å². The van der Waals surface area contributed by atoms with Gasteiger partial charge in [0.2, 0.25) is 0 Å². The van der Waals surface area contributed by atoms with E-state index in [4.69, 9.17) is 4.74 Å². The van der Waals surface area contributed by atoms with Gasteiger partial charge < -0.3 is 10.1 Å². The zero-order valence-corrected chi connectivity index (χ0v) is 12.0. The molecule has 1 aliphatic carbocycles. The summed E-state index contributed by atoms with van der Waals surface area (Å²) in [5.41, 5.74) is 1.64. The minimum absolute atomic E-state index is 0.278. The molecule has 0 saturated heterocycles. The average molecular weight is 247 g/mol. The number of ether oxygens (including phenoxy) is 1. The van der Waals surface area contributed by atoms with Crippen molar-refractivity contribution in [3.05, 3.63) is 29.8 Å². The van der Waals surface area contributed by atoms with Gasteiger partial charge >= 0.3 is 0 Å². The largest absolute Gasteiger partial charge is 0.489 e. The maximum Gasteiger partial charge on any atom is 0.120 e. The molecule has 0 aliphatic heterocycles. The molecule has 1 aromatic rings. The third kappa shape index (κ3) is 3.26. The Morgan fingerprint density at radius 3 is 2.78 bits per heavy atom. The van der Waals surface area contributed by atoms with Crippen LogP contribution < -0.4 is 10.1 Å². The summed E-state index contributed by atoms with van der Waals surface area (Å²) in [6, 6.07) is 8.81. The van der Waals surface area contributed by atoms with Gasteiger partial charge in [-0.1, -0.05) is 26.0 Å². The summed E-state index contributed by atoms with van der Waals surface area (Å²) in [4.78, 5) is 0. The number of hydrogen-bond donors (Lipinski definition) is 1. The second kappa shape index (κ2) is 5.31. The lowest BCUT2D eigenvalue weighted by Gasteiger charge is -2.40. The first kappa shape index (κ1) is 13.4. The van der Waals surface area contributed by atoms with Gasteiger partial charge in [-0.3, -0.25) is 0 Å². The quantitative estimate of drug-likeness (QED) is 0.882. The van der Waals surface area contributed by atoms with Crippen LogP contribution in [-0.4, -0.2) is 19.2 Å². The molecule has 100 valence electrons. The summed E-state index contributed by atoms with van der Waals surface area (Å²) in [6.45, 7) is 6.78. The molecule has 2 unspecified atom stereocenters. The number of rotatable bonds is 3. The van der Waals surface area contributed by atoms with Gasteiger partial charge in [0.25, 0.3) is 0 Å². The maximum atomic E-state index is 6.21. The molecule has 0 bridgehead atoms. The summed E-state index contributed by atoms with van der Waals surface area (Å²) >= 11 is 0. The molecular weight excluding hydrogens is 222 g/mol. The molecule has 0 aromatic heterocycles. The Hall–Kier alpha value is -1.02. The average Bonchev–Trinajstić information content (AvgIpc) is 2.28. The Morgan fingerprint density at radius 1 is 1.33 bits per heavy atom. The van der Waals surface area contributed by atoms with E-state index >= 15 is 0 Å². The standard InChI is InChI=1S/C16H25NO/c1-12-6-5-7-13(10-12)18-15-11-16(2,3)9-8-14(15)17-4/h5-7,10,14-15,17H,8-9,11H2,1-4H3. The van der Waals surface area contributed by atoms with Crippen LogP contribution in [0.2, 0.25) is 0 Å². The van der Waals surface area contributed by atoms with Crippen LogP contribution in [0, 0.1) is 12.3 Å². The third-order valence-electron chi connectivity index (χ3n) is 3.98. The van der Waals surface area contributed by atoms with Gasteiger partial charge in [0.15, 0.2) is 0 Å². The zero-order valence-electron chi connectivity index (χ0n) is 12.0. The van der Waals surface area contributed by atoms with E-state index in [2.05, 4.69) is 50.4 Å². The maximum absolute atomic E-state index is 6.21. The number of likely N-dealkylation sites (N-methyl/N-ethyl adjacent to an activating group) is 1. The van der Waals surface area contributed by atoms with Crippen molar-refractivity contribution in [3.8, 4) is 5.75 Å². The first-order valence-corrected chi connectivity index (χ1v) is 6.91. The second-order valence-corrected chi connectivity index (χ2v) is 6.27. The number of nitrogens with one attached hydrogen (secondary N) is 1. The van der Waals surface area contributed by atoms with Crippen molar-refractivity contribution in [2.24, 2.45) is 5.41 Å². The molecular formula is C16H25NO. The van der Waals surface area contributed by atoms with Gasteiger partial charge in [0, 0.05) is 6.04 Å². The van der Waals surface area contributed by atoms with E-state index in [1.165, 1.54) is 18.4 Å². The highest BCUT2D eigenvalue weighted by Gasteiger charge is 2.35. The zero-order chi connectivity index (χ0) is 13.2. The third-order valence-corrected chi connectivity index (χ3v) is 3.98. The van der Waals surface area contributed by atoms with Gasteiger partial charge in [0.1, 0.15) is 11.9 Å². The van der Waals surface area contributed by atoms with Crippen LogP contribution in [0.4, 0.5) is 0 Å². The van der Waals surface area contributed by atoms with Crippen LogP contribution in [-0.2, 0) is 0 Å². The summed E-state index contributed by atoms with van der Waals surface area (Å²) in [6.07, 6.45) is 3.86. The lowest BCUT2D eigenvalue weighted by molar-refractivity contribution is 0.0558. The van der Waals surface area contributed by atoms with E-state index < -0.39 is 0 Å². The van der Waals surface area contributed by atoms with E-state index in [1.54, 1.807) is 0 Å². The molecule has 1 aliphatic rings. The minimum Gasteiger partial charge on any atom is -0.489 e. The van der Waals surface area contributed by atoms with Crippen molar-refractivity contribution in [1.82, 2.24) is 5.32 Å². The molecule has 0 heterocycles. The van der Waals surface area contributed by atoms with E-state index in [0.717, 1.165) is 12.2 Å². The van der Waals surface area contributed by atoms with Crippen molar-refractivity contribution in [1.29, 1.82) is 0 Å². The van der Waals surface area contributed by atoms with E-state index in [9.17, 15) is 0 Å². The molecule has 2 heteroatoms. The summed E-state index contributed by atoms with van der Waals surface area (Å²) in [5.74, 6) is 0.998. The van der Waals surface area contributed by atoms with Crippen LogP contribution in [0.1, 0.15) is 38.7 Å². The summed E-state index contributed by atoms with van der Waals surface area (Å²) in [7, 11) is 2.04. The number of hydrogen-bond acceptors (Lipinski definition) is 2. The van der Waals surface area contributed by atoms with E-state index in [0.29, 0.717) is 11.5 Å². The Morgan fingerprint density at radius 2 is 2.11 bits per heavy atom. The molecule has 0 amide bonds. The first-order chi connectivity index (χ1) is 8.50. The fourth-order valence-electron chi connectivity index (χ4n) is 2.84. The van der Waals surface area contributed by atoms with Gasteiger partial charge in [-0.2, -0.15) is 0 Å². The highest BCUT2D eigenvalue weighted by atomic mass is 16.5. The molecule has 1 saturated carbocycles. The molecule has 0 spiro atoms. The molecule has 2 nitrogen and oxygen atoms in total. The molecule has 2 rings (SSSR count). The van der Waals surface area contributed by atoms with E-state index in [-0.39, 0.29) is 6.10 Å². The molecule has 1 fully saturated rings. The molecule has 1 N–H and O–H groups in total. The summed E-state index contributed by atoms with van der Waals surface area (Å²) < 4.78 is 6.21. The van der Waals surface area contributed by atoms with Crippen LogP contribution in [0.3, 0.4) is 0 Å². The number of aryl methyl sites for hydroxylation is 1. The SMILES string of the molecule is CNC1CCC(C)(C)CC1Oc1cccc(C)c1. The highest BCUT2D eigenvalue weighted by molar-refractivity contribution is 5.27. The molecule has 18 heavy (non-hydrogen) atoms. The smallest absolute Gasteiger partial charge is 0.120 e. The normalized spacial score (nSPS) is 26.9. The highest BCUT2D eigenvalue weighted by Crippen LogP contribution is 2.37. The monoisotopic (exact) mass is 247 g/mol. The Labute approximate surface area is 111 Å². The Kier molecular flexibility index (Phi) is 3.96. The topological polar surface area (TPSA) is 21.3 Å². The van der Waals surface area contributed by atoms with Crippen LogP contribution >= 0.6 is 0 Å². The van der Waals surface area contributed by atoms with Crippen LogP contribution in [0.25, 0.3) is 0 Å². The molecule has 2 atom stereocenters. The van der Waals surface area contributed by atoms with Crippen molar-refractivity contribution < 1.29 is 4.74 Å². The fraction of sp³-hybridized carbons (Fsp3) is 0.625. The Balaban J connectivity index is 2.09. The van der Waals surface area contributed by atoms with Crippen molar-refractivity contribution in [2.75, 3.05) is 7.05 Å². The second-order valence-electron chi connectivity index (χ2n) is 6.27. The van der Waals surface area contributed by atoms with Crippen molar-refractivity contribution >= 4 is 0 Å². The predicted molar refractivity (Wildman–Crippen MR) is 76.1 cm³/mol. The fourth-order valence-corrected chi connectivity index (χ4v) is 2.84. The van der Waals surface area contributed by atoms with Gasteiger partial charge in [-0.15, -0.1) is 0 Å². The lowest BCUT2D eigenvalue weighted by atomic mass is 9.74. The number of benzene rings is 1. The minimum atomic E-state index is 0.278. The predicted octanol–water partition coefficient (Wildman–Crippen LogP) is 3.54. The van der Waals surface area contributed by atoms with Crippen LogP contribution in [0.15, 0.2) is 24.3 Å². The Bertz CT molecular complexity index is 400. The van der Waals surface area contributed by atoms with Crippen molar-refractivity contribution in [2.45, 2.75) is 52.2 Å². The molecule has 0 radical (unpaired) electrons. The van der Waals surface area contributed by atoms with Gasteiger partial charge in [-0.25, -0.2) is 0 Å². The lowest BCUT2D eigenvalue weighted by Crippen LogP contribution is -2.47. The first-order valence-electron chi connectivity index (χ1n) is 6.91.